The van der Waals surface area contributed by atoms with Crippen LogP contribution in [0.25, 0.3) is 11.0 Å². The van der Waals surface area contributed by atoms with Crippen LogP contribution in [0.3, 0.4) is 0 Å². The lowest BCUT2D eigenvalue weighted by Crippen LogP contribution is -2.37. The lowest BCUT2D eigenvalue weighted by Gasteiger charge is -2.36. The molecule has 1 saturated heterocycles. The minimum Gasteiger partial charge on any atom is -0.506 e. The highest BCUT2D eigenvalue weighted by molar-refractivity contribution is 5.77. The van der Waals surface area contributed by atoms with Crippen molar-refractivity contribution < 1.29 is 9.84 Å². The van der Waals surface area contributed by atoms with Gasteiger partial charge >= 0.3 is 0 Å². The van der Waals surface area contributed by atoms with Crippen LogP contribution in [0.5, 0.6) is 5.75 Å². The van der Waals surface area contributed by atoms with E-state index in [1.54, 1.807) is 12.4 Å². The lowest BCUT2D eigenvalue weighted by atomic mass is 9.94. The monoisotopic (exact) mass is 360 g/mol. The Morgan fingerprint density at radius 2 is 1.70 bits per heavy atom. The molecule has 136 valence electrons. The van der Waals surface area contributed by atoms with E-state index in [2.05, 4.69) is 32.0 Å². The molecule has 3 aromatic rings. The molecule has 27 heavy (non-hydrogen) atoms. The largest absolute Gasteiger partial charge is 0.506 e. The number of nitrogens with zero attached hydrogens (tertiary/aromatic N) is 4. The molecule has 6 heteroatoms. The number of hydrogen-bond donors (Lipinski definition) is 1. The minimum absolute atomic E-state index is 0.188. The molecular formula is C21H20N4O2. The summed E-state index contributed by atoms with van der Waals surface area (Å²) in [5.41, 5.74) is 7.32. The highest BCUT2D eigenvalue weighted by atomic mass is 16.5. The molecule has 1 fully saturated rings. The van der Waals surface area contributed by atoms with E-state index in [0.29, 0.717) is 24.1 Å². The number of likely N-dealkylation sites (tertiary alicyclic amines) is 1. The number of piperidine rings is 1. The third-order valence-corrected chi connectivity index (χ3v) is 6.37. The second-order valence-corrected chi connectivity index (χ2v) is 7.90. The zero-order valence-corrected chi connectivity index (χ0v) is 15.1. The van der Waals surface area contributed by atoms with Gasteiger partial charge in [0.25, 0.3) is 0 Å². The molecule has 1 aromatic carbocycles. The molecule has 2 aliphatic heterocycles. The van der Waals surface area contributed by atoms with Crippen LogP contribution in [0.2, 0.25) is 0 Å². The summed E-state index contributed by atoms with van der Waals surface area (Å²) in [6.45, 7) is 4.21. The quantitative estimate of drug-likeness (QED) is 0.719. The zero-order valence-electron chi connectivity index (χ0n) is 15.1. The Labute approximate surface area is 156 Å². The van der Waals surface area contributed by atoms with Gasteiger partial charge in [-0.25, -0.2) is 0 Å². The molecule has 2 bridgehead atoms. The van der Waals surface area contributed by atoms with E-state index < -0.39 is 0 Å². The van der Waals surface area contributed by atoms with Crippen LogP contribution in [0.15, 0.2) is 30.7 Å². The Kier molecular flexibility index (Phi) is 3.14. The summed E-state index contributed by atoms with van der Waals surface area (Å²) in [6, 6.07) is 4.45. The standard InChI is InChI=1S/C21H20N4O2/c1-11-20(26)19-14(7-24-11)10-27-21(19)25-8-12-4-13(9-25)16-6-18-17(5-15(12)16)22-2-3-23-18/h2-3,5-7,12-13,21,26H,4,8-10H2,1H3/t12-,13+,21-/m1/s1. The number of rotatable bonds is 1. The van der Waals surface area contributed by atoms with Gasteiger partial charge in [-0.2, -0.15) is 0 Å². The van der Waals surface area contributed by atoms with Crippen molar-refractivity contribution in [3.63, 3.8) is 0 Å². The van der Waals surface area contributed by atoms with E-state index >= 15 is 0 Å². The molecule has 6 rings (SSSR count). The first-order valence-corrected chi connectivity index (χ1v) is 9.46. The van der Waals surface area contributed by atoms with Gasteiger partial charge in [0.15, 0.2) is 0 Å². The number of aromatic hydroxyl groups is 1. The van der Waals surface area contributed by atoms with E-state index in [1.165, 1.54) is 17.5 Å². The topological polar surface area (TPSA) is 71.4 Å². The number of aryl methyl sites for hydroxylation is 1. The van der Waals surface area contributed by atoms with E-state index in [0.717, 1.165) is 35.2 Å². The summed E-state index contributed by atoms with van der Waals surface area (Å²) in [7, 11) is 0. The van der Waals surface area contributed by atoms with Crippen molar-refractivity contribution in [3.8, 4) is 5.75 Å². The Balaban J connectivity index is 1.38. The number of aromatic nitrogens is 3. The maximum Gasteiger partial charge on any atom is 0.144 e. The van der Waals surface area contributed by atoms with Gasteiger partial charge in [0.05, 0.1) is 23.3 Å². The Morgan fingerprint density at radius 1 is 1.04 bits per heavy atom. The third-order valence-electron chi connectivity index (χ3n) is 6.37. The van der Waals surface area contributed by atoms with E-state index in [4.69, 9.17) is 4.74 Å². The van der Waals surface area contributed by atoms with Gasteiger partial charge in [-0.15, -0.1) is 0 Å². The van der Waals surface area contributed by atoms with Crippen molar-refractivity contribution in [1.82, 2.24) is 19.9 Å². The van der Waals surface area contributed by atoms with Crippen LogP contribution >= 0.6 is 0 Å². The molecule has 4 heterocycles. The van der Waals surface area contributed by atoms with Crippen molar-refractivity contribution >= 4 is 11.0 Å². The highest BCUT2D eigenvalue weighted by Gasteiger charge is 2.43. The molecule has 0 saturated carbocycles. The first-order valence-electron chi connectivity index (χ1n) is 9.46. The molecule has 0 unspecified atom stereocenters. The molecule has 2 aromatic heterocycles. The van der Waals surface area contributed by atoms with Gasteiger partial charge in [0.1, 0.15) is 12.0 Å². The molecule has 1 aliphatic carbocycles. The van der Waals surface area contributed by atoms with Gasteiger partial charge in [-0.3, -0.25) is 19.9 Å². The number of fused-ring (bicyclic) bond motifs is 7. The summed E-state index contributed by atoms with van der Waals surface area (Å²) in [5, 5.41) is 10.6. The highest BCUT2D eigenvalue weighted by Crippen LogP contribution is 2.50. The smallest absolute Gasteiger partial charge is 0.144 e. The fourth-order valence-electron chi connectivity index (χ4n) is 5.11. The molecule has 6 nitrogen and oxygen atoms in total. The van der Waals surface area contributed by atoms with Gasteiger partial charge in [0.2, 0.25) is 0 Å². The molecule has 3 aliphatic rings. The maximum absolute atomic E-state index is 10.6. The molecule has 0 amide bonds. The summed E-state index contributed by atoms with van der Waals surface area (Å²) in [5.74, 6) is 1.23. The molecule has 0 radical (unpaired) electrons. The molecule has 0 spiro atoms. The van der Waals surface area contributed by atoms with Gasteiger partial charge < -0.3 is 9.84 Å². The maximum atomic E-state index is 10.6. The van der Waals surface area contributed by atoms with Crippen LogP contribution in [0.4, 0.5) is 0 Å². The summed E-state index contributed by atoms with van der Waals surface area (Å²) in [6.07, 6.45) is 6.33. The lowest BCUT2D eigenvalue weighted by molar-refractivity contribution is -0.0650. The normalized spacial score (nSPS) is 26.3. The molecule has 1 N–H and O–H groups in total. The molecular weight excluding hydrogens is 340 g/mol. The predicted octanol–water partition coefficient (Wildman–Crippen LogP) is 3.15. The first kappa shape index (κ1) is 15.5. The number of pyridine rings is 1. The second-order valence-electron chi connectivity index (χ2n) is 7.90. The number of ether oxygens (including phenoxy) is 1. The Morgan fingerprint density at radius 3 is 2.37 bits per heavy atom. The van der Waals surface area contributed by atoms with E-state index in [-0.39, 0.29) is 12.0 Å². The van der Waals surface area contributed by atoms with Gasteiger partial charge in [-0.1, -0.05) is 0 Å². The van der Waals surface area contributed by atoms with Crippen LogP contribution in [0.1, 0.15) is 52.4 Å². The second kappa shape index (κ2) is 5.47. The third kappa shape index (κ3) is 2.17. The first-order chi connectivity index (χ1) is 13.2. The van der Waals surface area contributed by atoms with Crippen LogP contribution in [-0.4, -0.2) is 38.0 Å². The van der Waals surface area contributed by atoms with Crippen molar-refractivity contribution in [2.75, 3.05) is 13.1 Å². The minimum atomic E-state index is -0.188. The SMILES string of the molecule is Cc1ncc2c(c1O)[C@H](N1C[C@H]3C[C@@H](C1)c1cc4nccnc4cc13)OC2. The average Bonchev–Trinajstić information content (AvgIpc) is 3.23. The zero-order chi connectivity index (χ0) is 18.1. The van der Waals surface area contributed by atoms with Crippen molar-refractivity contribution in [1.29, 1.82) is 0 Å². The Hall–Kier alpha value is -2.57. The molecule has 3 atom stereocenters. The van der Waals surface area contributed by atoms with E-state index in [9.17, 15) is 5.11 Å². The summed E-state index contributed by atoms with van der Waals surface area (Å²) >= 11 is 0. The summed E-state index contributed by atoms with van der Waals surface area (Å²) < 4.78 is 6.10. The van der Waals surface area contributed by atoms with Crippen LogP contribution in [-0.2, 0) is 11.3 Å². The van der Waals surface area contributed by atoms with Gasteiger partial charge in [0, 0.05) is 42.8 Å². The van der Waals surface area contributed by atoms with Crippen LogP contribution in [0, 0.1) is 6.92 Å². The van der Waals surface area contributed by atoms with Gasteiger partial charge in [-0.05, 0) is 48.4 Å². The fourth-order valence-corrected chi connectivity index (χ4v) is 5.11. The Bertz CT molecular complexity index is 1030. The fraction of sp³-hybridized carbons (Fsp3) is 0.381. The number of benzene rings is 1. The predicted molar refractivity (Wildman–Crippen MR) is 99.4 cm³/mol. The number of hydrogen-bond acceptors (Lipinski definition) is 6. The summed E-state index contributed by atoms with van der Waals surface area (Å²) in [4.78, 5) is 15.6. The van der Waals surface area contributed by atoms with Crippen LogP contribution < -0.4 is 0 Å². The average molecular weight is 360 g/mol. The van der Waals surface area contributed by atoms with Crippen molar-refractivity contribution in [3.05, 3.63) is 58.7 Å². The van der Waals surface area contributed by atoms with E-state index in [1.807, 2.05) is 13.1 Å². The van der Waals surface area contributed by atoms with Crippen molar-refractivity contribution in [2.24, 2.45) is 0 Å². The van der Waals surface area contributed by atoms with Crippen molar-refractivity contribution in [2.45, 2.75) is 38.0 Å².